The van der Waals surface area contributed by atoms with E-state index in [9.17, 15) is 9.59 Å². The van der Waals surface area contributed by atoms with Crippen molar-refractivity contribution in [1.29, 1.82) is 0 Å². The molecule has 2 rings (SSSR count). The summed E-state index contributed by atoms with van der Waals surface area (Å²) in [5.41, 5.74) is 2.67. The standard InChI is InChI=1S/C16H21NO3/c1-10-4-5-11(2)14(8-10)15(18)17(13-6-7-13)9-12(3)16(19)20/h4-5,8,12-13H,6-7,9H2,1-3H3,(H,19,20)/t12-/m1/s1. The van der Waals surface area contributed by atoms with Crippen LogP contribution < -0.4 is 0 Å². The van der Waals surface area contributed by atoms with Gasteiger partial charge < -0.3 is 10.0 Å². The van der Waals surface area contributed by atoms with E-state index < -0.39 is 11.9 Å². The minimum atomic E-state index is -0.857. The lowest BCUT2D eigenvalue weighted by Crippen LogP contribution is -2.38. The summed E-state index contributed by atoms with van der Waals surface area (Å²) in [6.45, 7) is 5.80. The second-order valence-electron chi connectivity index (χ2n) is 5.75. The number of aryl methyl sites for hydroxylation is 2. The van der Waals surface area contributed by atoms with Gasteiger partial charge in [0.1, 0.15) is 0 Å². The molecular weight excluding hydrogens is 254 g/mol. The Morgan fingerprint density at radius 2 is 2.00 bits per heavy atom. The third-order valence-corrected chi connectivity index (χ3v) is 3.76. The van der Waals surface area contributed by atoms with Crippen LogP contribution in [0.1, 0.15) is 41.3 Å². The van der Waals surface area contributed by atoms with Gasteiger partial charge >= 0.3 is 5.97 Å². The molecule has 1 aliphatic rings. The Balaban J connectivity index is 2.23. The predicted octanol–water partition coefficient (Wildman–Crippen LogP) is 2.63. The molecule has 1 N–H and O–H groups in total. The first-order chi connectivity index (χ1) is 9.40. The van der Waals surface area contributed by atoms with Crippen LogP contribution >= 0.6 is 0 Å². The molecule has 0 aliphatic heterocycles. The smallest absolute Gasteiger partial charge is 0.308 e. The number of nitrogens with zero attached hydrogens (tertiary/aromatic N) is 1. The van der Waals surface area contributed by atoms with Gasteiger partial charge in [0.25, 0.3) is 5.91 Å². The predicted molar refractivity (Wildman–Crippen MR) is 76.8 cm³/mol. The van der Waals surface area contributed by atoms with Gasteiger partial charge in [-0.2, -0.15) is 0 Å². The lowest BCUT2D eigenvalue weighted by molar-refractivity contribution is -0.141. The van der Waals surface area contributed by atoms with Gasteiger partial charge in [0, 0.05) is 18.2 Å². The first kappa shape index (κ1) is 14.6. The molecule has 108 valence electrons. The fourth-order valence-corrected chi connectivity index (χ4v) is 2.28. The molecule has 0 heterocycles. The van der Waals surface area contributed by atoms with Crippen molar-refractivity contribution in [2.45, 2.75) is 39.7 Å². The summed E-state index contributed by atoms with van der Waals surface area (Å²) in [5, 5.41) is 9.05. The molecule has 0 bridgehead atoms. The number of aliphatic carboxylic acids is 1. The molecule has 0 spiro atoms. The lowest BCUT2D eigenvalue weighted by atomic mass is 10.0. The Morgan fingerprint density at radius 1 is 1.35 bits per heavy atom. The Morgan fingerprint density at radius 3 is 2.55 bits per heavy atom. The monoisotopic (exact) mass is 275 g/mol. The highest BCUT2D eigenvalue weighted by Gasteiger charge is 2.35. The highest BCUT2D eigenvalue weighted by molar-refractivity contribution is 5.96. The van der Waals surface area contributed by atoms with E-state index in [1.807, 2.05) is 32.0 Å². The second-order valence-corrected chi connectivity index (χ2v) is 5.75. The maximum atomic E-state index is 12.7. The van der Waals surface area contributed by atoms with Crippen LogP contribution in [0, 0.1) is 19.8 Å². The van der Waals surface area contributed by atoms with E-state index in [1.165, 1.54) is 0 Å². The minimum absolute atomic E-state index is 0.0400. The summed E-state index contributed by atoms with van der Waals surface area (Å²) < 4.78 is 0. The van der Waals surface area contributed by atoms with Crippen LogP contribution in [0.2, 0.25) is 0 Å². The van der Waals surface area contributed by atoms with Crippen molar-refractivity contribution in [2.75, 3.05) is 6.54 Å². The first-order valence-electron chi connectivity index (χ1n) is 7.01. The molecule has 4 nitrogen and oxygen atoms in total. The SMILES string of the molecule is Cc1ccc(C)c(C(=O)N(C[C@@H](C)C(=O)O)C2CC2)c1. The number of benzene rings is 1. The molecule has 20 heavy (non-hydrogen) atoms. The van der Waals surface area contributed by atoms with E-state index in [0.717, 1.165) is 24.0 Å². The highest BCUT2D eigenvalue weighted by Crippen LogP contribution is 2.29. The number of hydrogen-bond donors (Lipinski definition) is 1. The molecular formula is C16H21NO3. The molecule has 4 heteroatoms. The fraction of sp³-hybridized carbons (Fsp3) is 0.500. The van der Waals surface area contributed by atoms with Crippen LogP contribution in [-0.4, -0.2) is 34.5 Å². The Kier molecular flexibility index (Phi) is 4.12. The van der Waals surface area contributed by atoms with E-state index >= 15 is 0 Å². The number of amides is 1. The van der Waals surface area contributed by atoms with Crippen LogP contribution in [0.15, 0.2) is 18.2 Å². The third-order valence-electron chi connectivity index (χ3n) is 3.76. The summed E-state index contributed by atoms with van der Waals surface area (Å²) in [7, 11) is 0. The second kappa shape index (κ2) is 5.65. The van der Waals surface area contributed by atoms with Crippen molar-refractivity contribution in [1.82, 2.24) is 4.90 Å². The van der Waals surface area contributed by atoms with Gasteiger partial charge in [-0.15, -0.1) is 0 Å². The van der Waals surface area contributed by atoms with E-state index in [2.05, 4.69) is 0 Å². The lowest BCUT2D eigenvalue weighted by Gasteiger charge is -2.25. The van der Waals surface area contributed by atoms with Gasteiger partial charge in [0.15, 0.2) is 0 Å². The van der Waals surface area contributed by atoms with Crippen molar-refractivity contribution < 1.29 is 14.7 Å². The molecule has 1 aliphatic carbocycles. The van der Waals surface area contributed by atoms with Crippen molar-refractivity contribution >= 4 is 11.9 Å². The average Bonchev–Trinajstić information content (AvgIpc) is 3.22. The molecule has 0 saturated heterocycles. The molecule has 0 radical (unpaired) electrons. The Bertz CT molecular complexity index is 535. The van der Waals surface area contributed by atoms with Crippen molar-refractivity contribution in [3.05, 3.63) is 34.9 Å². The van der Waals surface area contributed by atoms with Crippen LogP contribution in [0.5, 0.6) is 0 Å². The average molecular weight is 275 g/mol. The largest absolute Gasteiger partial charge is 0.481 e. The summed E-state index contributed by atoms with van der Waals surface area (Å²) in [5.74, 6) is -1.43. The molecule has 1 amide bonds. The number of carbonyl (C=O) groups excluding carboxylic acids is 1. The fourth-order valence-electron chi connectivity index (χ4n) is 2.28. The van der Waals surface area contributed by atoms with Crippen molar-refractivity contribution in [3.8, 4) is 0 Å². The minimum Gasteiger partial charge on any atom is -0.481 e. The molecule has 1 fully saturated rings. The number of hydrogen-bond acceptors (Lipinski definition) is 2. The van der Waals surface area contributed by atoms with E-state index in [4.69, 9.17) is 5.11 Å². The molecule has 0 aromatic heterocycles. The molecule has 1 saturated carbocycles. The quantitative estimate of drug-likeness (QED) is 0.898. The zero-order valence-corrected chi connectivity index (χ0v) is 12.2. The van der Waals surface area contributed by atoms with Crippen LogP contribution in [-0.2, 0) is 4.79 Å². The molecule has 1 aromatic rings. The molecule has 0 unspecified atom stereocenters. The van der Waals surface area contributed by atoms with E-state index in [0.29, 0.717) is 5.56 Å². The van der Waals surface area contributed by atoms with Gasteiger partial charge in [0.05, 0.1) is 5.92 Å². The van der Waals surface area contributed by atoms with Gasteiger partial charge in [-0.1, -0.05) is 24.6 Å². The van der Waals surface area contributed by atoms with Crippen LogP contribution in [0.3, 0.4) is 0 Å². The Hall–Kier alpha value is -1.84. The maximum absolute atomic E-state index is 12.7. The van der Waals surface area contributed by atoms with Crippen LogP contribution in [0.4, 0.5) is 0 Å². The van der Waals surface area contributed by atoms with Crippen molar-refractivity contribution in [2.24, 2.45) is 5.92 Å². The maximum Gasteiger partial charge on any atom is 0.308 e. The zero-order chi connectivity index (χ0) is 14.9. The molecule has 1 aromatic carbocycles. The van der Waals surface area contributed by atoms with Crippen molar-refractivity contribution in [3.63, 3.8) is 0 Å². The third kappa shape index (κ3) is 3.18. The van der Waals surface area contributed by atoms with Gasteiger partial charge in [-0.3, -0.25) is 9.59 Å². The summed E-state index contributed by atoms with van der Waals surface area (Å²) in [4.78, 5) is 25.4. The molecule has 1 atom stereocenters. The van der Waals surface area contributed by atoms with Crippen LogP contribution in [0.25, 0.3) is 0 Å². The zero-order valence-electron chi connectivity index (χ0n) is 12.2. The first-order valence-corrected chi connectivity index (χ1v) is 7.01. The summed E-state index contributed by atoms with van der Waals surface area (Å²) >= 11 is 0. The topological polar surface area (TPSA) is 57.6 Å². The van der Waals surface area contributed by atoms with E-state index in [1.54, 1.807) is 11.8 Å². The number of rotatable bonds is 5. The van der Waals surface area contributed by atoms with Gasteiger partial charge in [-0.25, -0.2) is 0 Å². The van der Waals surface area contributed by atoms with E-state index in [-0.39, 0.29) is 18.5 Å². The number of carbonyl (C=O) groups is 2. The van der Waals surface area contributed by atoms with Gasteiger partial charge in [-0.05, 0) is 38.3 Å². The Labute approximate surface area is 119 Å². The summed E-state index contributed by atoms with van der Waals surface area (Å²) in [6.07, 6.45) is 1.95. The normalized spacial score (nSPS) is 15.8. The highest BCUT2D eigenvalue weighted by atomic mass is 16.4. The number of carboxylic acids is 1. The van der Waals surface area contributed by atoms with Gasteiger partial charge in [0.2, 0.25) is 0 Å². The summed E-state index contributed by atoms with van der Waals surface area (Å²) in [6, 6.07) is 6.02. The number of carboxylic acid groups (broad SMARTS) is 1.